The molecule has 6 nitrogen and oxygen atoms in total. The Labute approximate surface area is 225 Å². The molecule has 2 amide bonds. The molecule has 1 N–H and O–H groups in total. The summed E-state index contributed by atoms with van der Waals surface area (Å²) in [5, 5.41) is 3.31. The molecule has 0 unspecified atom stereocenters. The van der Waals surface area contributed by atoms with Crippen LogP contribution in [0, 0.1) is 6.92 Å². The average molecular weight is 547 g/mol. The third-order valence-corrected chi connectivity index (χ3v) is 8.09. The van der Waals surface area contributed by atoms with Crippen molar-refractivity contribution in [3.05, 3.63) is 80.3 Å². The van der Waals surface area contributed by atoms with E-state index in [-0.39, 0.29) is 33.5 Å². The zero-order valence-electron chi connectivity index (χ0n) is 20.3. The molecule has 0 spiro atoms. The highest BCUT2D eigenvalue weighted by Gasteiger charge is 2.35. The van der Waals surface area contributed by atoms with Crippen molar-refractivity contribution in [2.45, 2.75) is 57.7 Å². The van der Waals surface area contributed by atoms with Gasteiger partial charge < -0.3 is 15.0 Å². The maximum atomic E-state index is 13.9. The van der Waals surface area contributed by atoms with Crippen molar-refractivity contribution in [3.8, 4) is 5.75 Å². The van der Waals surface area contributed by atoms with Gasteiger partial charge in [0.2, 0.25) is 5.91 Å². The number of benzene rings is 2. The SMILES string of the molecule is COc1ccc(CN(C(=O)c2nsc(Cl)c2Cl)[C@H](C(=O)NC2CCCCC2)c2ccc(C)cc2)cc1. The lowest BCUT2D eigenvalue weighted by atomic mass is 9.94. The third kappa shape index (κ3) is 6.20. The largest absolute Gasteiger partial charge is 0.497 e. The summed E-state index contributed by atoms with van der Waals surface area (Å²) in [5.74, 6) is 0.0319. The molecule has 3 aromatic rings. The smallest absolute Gasteiger partial charge is 0.276 e. The standard InChI is InChI=1S/C27H29Cl2N3O3S/c1-17-8-12-19(13-9-17)24(26(33)30-20-6-4-3-5-7-20)32(16-18-10-14-21(35-2)15-11-18)27(34)23-22(28)25(29)36-31-23/h8-15,20,24H,3-7,16H2,1-2H3,(H,30,33)/t24-/m0/s1. The van der Waals surface area contributed by atoms with Gasteiger partial charge >= 0.3 is 0 Å². The number of aromatic nitrogens is 1. The molecule has 0 radical (unpaired) electrons. The van der Waals surface area contributed by atoms with Crippen LogP contribution in [0.5, 0.6) is 5.75 Å². The fourth-order valence-electron chi connectivity index (χ4n) is 4.48. The summed E-state index contributed by atoms with van der Waals surface area (Å²) < 4.78 is 9.72. The Morgan fingerprint density at radius 1 is 1.08 bits per heavy atom. The van der Waals surface area contributed by atoms with Gasteiger partial charge in [-0.2, -0.15) is 4.37 Å². The highest BCUT2D eigenvalue weighted by Crippen LogP contribution is 2.33. The van der Waals surface area contributed by atoms with Gasteiger partial charge in [-0.25, -0.2) is 0 Å². The minimum Gasteiger partial charge on any atom is -0.497 e. The lowest BCUT2D eigenvalue weighted by Crippen LogP contribution is -2.47. The summed E-state index contributed by atoms with van der Waals surface area (Å²) in [7, 11) is 1.60. The Hall–Kier alpha value is -2.61. The topological polar surface area (TPSA) is 71.5 Å². The Morgan fingerprint density at radius 3 is 2.33 bits per heavy atom. The number of methoxy groups -OCH3 is 1. The number of aryl methyl sites for hydroxylation is 1. The van der Waals surface area contributed by atoms with E-state index in [0.717, 1.165) is 48.3 Å². The van der Waals surface area contributed by atoms with Crippen molar-refractivity contribution < 1.29 is 14.3 Å². The lowest BCUT2D eigenvalue weighted by Gasteiger charge is -2.33. The molecule has 1 heterocycles. The van der Waals surface area contributed by atoms with E-state index in [1.165, 1.54) is 11.3 Å². The molecule has 1 aliphatic carbocycles. The van der Waals surface area contributed by atoms with Crippen molar-refractivity contribution in [3.63, 3.8) is 0 Å². The molecular weight excluding hydrogens is 517 g/mol. The Balaban J connectivity index is 1.75. The first-order valence-electron chi connectivity index (χ1n) is 12.0. The predicted octanol–water partition coefficient (Wildman–Crippen LogP) is 6.60. The number of ether oxygens (including phenoxy) is 1. The molecule has 1 aromatic heterocycles. The van der Waals surface area contributed by atoms with Crippen LogP contribution in [0.3, 0.4) is 0 Å². The predicted molar refractivity (Wildman–Crippen MR) is 144 cm³/mol. The number of amides is 2. The van der Waals surface area contributed by atoms with E-state index in [2.05, 4.69) is 9.69 Å². The van der Waals surface area contributed by atoms with Crippen LogP contribution in [0.15, 0.2) is 48.5 Å². The van der Waals surface area contributed by atoms with Crippen LogP contribution < -0.4 is 10.1 Å². The van der Waals surface area contributed by atoms with Crippen molar-refractivity contribution in [1.82, 2.24) is 14.6 Å². The van der Waals surface area contributed by atoms with Crippen LogP contribution >= 0.6 is 34.7 Å². The van der Waals surface area contributed by atoms with Gasteiger partial charge in [0, 0.05) is 12.6 Å². The number of carbonyl (C=O) groups is 2. The summed E-state index contributed by atoms with van der Waals surface area (Å²) in [6.07, 6.45) is 5.22. The number of rotatable bonds is 8. The van der Waals surface area contributed by atoms with Gasteiger partial charge in [0.15, 0.2) is 5.69 Å². The zero-order valence-corrected chi connectivity index (χ0v) is 22.6. The fourth-order valence-corrected chi connectivity index (χ4v) is 5.47. The number of carbonyl (C=O) groups excluding carboxylic acids is 2. The van der Waals surface area contributed by atoms with Crippen LogP contribution in [-0.2, 0) is 11.3 Å². The van der Waals surface area contributed by atoms with E-state index in [0.29, 0.717) is 11.3 Å². The van der Waals surface area contributed by atoms with E-state index >= 15 is 0 Å². The maximum Gasteiger partial charge on any atom is 0.276 e. The van der Waals surface area contributed by atoms with Gasteiger partial charge in [0.1, 0.15) is 21.2 Å². The summed E-state index contributed by atoms with van der Waals surface area (Å²) >= 11 is 13.4. The number of hydrogen-bond acceptors (Lipinski definition) is 5. The van der Waals surface area contributed by atoms with Crippen molar-refractivity contribution in [2.24, 2.45) is 0 Å². The average Bonchev–Trinajstić information content (AvgIpc) is 3.23. The van der Waals surface area contributed by atoms with Crippen molar-refractivity contribution in [2.75, 3.05) is 7.11 Å². The van der Waals surface area contributed by atoms with E-state index in [4.69, 9.17) is 27.9 Å². The first-order valence-corrected chi connectivity index (χ1v) is 13.5. The van der Waals surface area contributed by atoms with Crippen molar-refractivity contribution in [1.29, 1.82) is 0 Å². The molecule has 2 aromatic carbocycles. The third-order valence-electron chi connectivity index (χ3n) is 6.48. The minimum absolute atomic E-state index is 0.0442. The molecule has 1 fully saturated rings. The van der Waals surface area contributed by atoms with E-state index in [1.54, 1.807) is 7.11 Å². The lowest BCUT2D eigenvalue weighted by molar-refractivity contribution is -0.127. The molecule has 9 heteroatoms. The maximum absolute atomic E-state index is 13.9. The van der Waals surface area contributed by atoms with Crippen LogP contribution in [0.1, 0.15) is 65.3 Å². The summed E-state index contributed by atoms with van der Waals surface area (Å²) in [5.41, 5.74) is 2.66. The first kappa shape index (κ1) is 26.5. The number of nitrogens with one attached hydrogen (secondary N) is 1. The van der Waals surface area contributed by atoms with Gasteiger partial charge in [-0.3, -0.25) is 9.59 Å². The second-order valence-corrected chi connectivity index (χ2v) is 10.8. The number of halogens is 2. The van der Waals surface area contributed by atoms with E-state index < -0.39 is 11.9 Å². The van der Waals surface area contributed by atoms with Crippen LogP contribution in [0.4, 0.5) is 0 Å². The first-order chi connectivity index (χ1) is 17.4. The fraction of sp³-hybridized carbons (Fsp3) is 0.370. The van der Waals surface area contributed by atoms with Gasteiger partial charge in [0.05, 0.1) is 7.11 Å². The minimum atomic E-state index is -0.876. The summed E-state index contributed by atoms with van der Waals surface area (Å²) in [6.45, 7) is 2.16. The molecule has 0 bridgehead atoms. The molecule has 1 saturated carbocycles. The Morgan fingerprint density at radius 2 is 1.75 bits per heavy atom. The number of hydrogen-bond donors (Lipinski definition) is 1. The molecular formula is C27H29Cl2N3O3S. The molecule has 0 saturated heterocycles. The highest BCUT2D eigenvalue weighted by molar-refractivity contribution is 7.11. The monoisotopic (exact) mass is 545 g/mol. The summed E-state index contributed by atoms with van der Waals surface area (Å²) in [6, 6.07) is 14.3. The Kier molecular flexibility index (Phi) is 8.88. The molecule has 4 rings (SSSR count). The normalized spacial score (nSPS) is 14.8. The molecule has 36 heavy (non-hydrogen) atoms. The summed E-state index contributed by atoms with van der Waals surface area (Å²) in [4.78, 5) is 29.3. The quantitative estimate of drug-likeness (QED) is 0.346. The van der Waals surface area contributed by atoms with Crippen LogP contribution in [0.25, 0.3) is 0 Å². The van der Waals surface area contributed by atoms with Crippen molar-refractivity contribution >= 4 is 46.5 Å². The van der Waals surface area contributed by atoms with Crippen LogP contribution in [-0.4, -0.2) is 34.2 Å². The van der Waals surface area contributed by atoms with Crippen LogP contribution in [0.2, 0.25) is 9.36 Å². The second kappa shape index (κ2) is 12.1. The molecule has 1 aliphatic rings. The second-order valence-electron chi connectivity index (χ2n) is 9.06. The van der Waals surface area contributed by atoms with Gasteiger partial charge in [-0.15, -0.1) is 0 Å². The van der Waals surface area contributed by atoms with E-state index in [9.17, 15) is 9.59 Å². The van der Waals surface area contributed by atoms with Gasteiger partial charge in [0.25, 0.3) is 5.91 Å². The Bertz CT molecular complexity index is 1190. The highest BCUT2D eigenvalue weighted by atomic mass is 35.5. The van der Waals surface area contributed by atoms with E-state index in [1.807, 2.05) is 55.5 Å². The van der Waals surface area contributed by atoms with Gasteiger partial charge in [-0.1, -0.05) is 84.4 Å². The molecule has 0 aliphatic heterocycles. The zero-order chi connectivity index (χ0) is 25.7. The molecule has 190 valence electrons. The van der Waals surface area contributed by atoms with Gasteiger partial charge in [-0.05, 0) is 54.6 Å². The number of nitrogens with zero attached hydrogens (tertiary/aromatic N) is 2. The molecule has 1 atom stereocenters.